The molecule has 0 saturated carbocycles. The maximum absolute atomic E-state index is 11.6. The smallest absolute Gasteiger partial charge is 0.319 e. The molecule has 0 spiro atoms. The molecule has 0 aliphatic rings. The summed E-state index contributed by atoms with van der Waals surface area (Å²) in [5.74, 6) is -0.0286. The van der Waals surface area contributed by atoms with Gasteiger partial charge in [0.2, 0.25) is 0 Å². The van der Waals surface area contributed by atoms with Crippen LogP contribution in [0.15, 0.2) is 36.9 Å². The lowest BCUT2D eigenvalue weighted by molar-refractivity contribution is 0.101. The molecule has 0 aliphatic heterocycles. The Morgan fingerprint density at radius 1 is 1.44 bits per heavy atom. The van der Waals surface area contributed by atoms with Crippen molar-refractivity contribution in [3.05, 3.63) is 42.5 Å². The van der Waals surface area contributed by atoms with Gasteiger partial charge in [0.25, 0.3) is 0 Å². The monoisotopic (exact) mass is 246 g/mol. The number of anilines is 1. The van der Waals surface area contributed by atoms with Crippen molar-refractivity contribution >= 4 is 17.5 Å². The largest absolute Gasteiger partial charge is 0.335 e. The summed E-state index contributed by atoms with van der Waals surface area (Å²) in [7, 11) is 0. The number of ketones is 1. The van der Waals surface area contributed by atoms with Crippen LogP contribution in [-0.4, -0.2) is 17.9 Å². The Morgan fingerprint density at radius 2 is 2.17 bits per heavy atom. The van der Waals surface area contributed by atoms with Gasteiger partial charge in [-0.05, 0) is 32.4 Å². The zero-order valence-corrected chi connectivity index (χ0v) is 10.7. The first-order valence-corrected chi connectivity index (χ1v) is 5.82. The number of rotatable bonds is 5. The van der Waals surface area contributed by atoms with Gasteiger partial charge in [0, 0.05) is 17.3 Å². The number of hydrogen-bond acceptors (Lipinski definition) is 2. The number of urea groups is 1. The van der Waals surface area contributed by atoms with Crippen LogP contribution < -0.4 is 10.6 Å². The number of hydrogen-bond donors (Lipinski definition) is 2. The predicted octanol–water partition coefficient (Wildman–Crippen LogP) is 2.98. The maximum atomic E-state index is 11.6. The van der Waals surface area contributed by atoms with E-state index >= 15 is 0 Å². The predicted molar refractivity (Wildman–Crippen MR) is 72.9 cm³/mol. The van der Waals surface area contributed by atoms with Gasteiger partial charge >= 0.3 is 6.03 Å². The third kappa shape index (κ3) is 4.41. The number of benzene rings is 1. The standard InChI is InChI=1S/C14H18N2O2/c1-4-6-10(2)15-14(18)16-13-8-5-7-12(9-13)11(3)17/h4-5,7-10H,1,6H2,2-3H3,(H2,15,16,18). The highest BCUT2D eigenvalue weighted by atomic mass is 16.2. The molecule has 0 radical (unpaired) electrons. The molecule has 4 nitrogen and oxygen atoms in total. The minimum atomic E-state index is -0.287. The molecule has 1 aromatic carbocycles. The van der Waals surface area contributed by atoms with Crippen molar-refractivity contribution in [2.45, 2.75) is 26.3 Å². The van der Waals surface area contributed by atoms with E-state index in [4.69, 9.17) is 0 Å². The highest BCUT2D eigenvalue weighted by Crippen LogP contribution is 2.11. The Morgan fingerprint density at radius 3 is 2.78 bits per heavy atom. The molecule has 1 rings (SSSR count). The average molecular weight is 246 g/mol. The Bertz CT molecular complexity index is 455. The van der Waals surface area contributed by atoms with E-state index in [0.717, 1.165) is 0 Å². The zero-order chi connectivity index (χ0) is 13.5. The van der Waals surface area contributed by atoms with Crippen LogP contribution in [0.25, 0.3) is 0 Å². The molecule has 0 aliphatic carbocycles. The summed E-state index contributed by atoms with van der Waals surface area (Å²) >= 11 is 0. The SMILES string of the molecule is C=CCC(C)NC(=O)Nc1cccc(C(C)=O)c1. The van der Waals surface area contributed by atoms with Crippen molar-refractivity contribution in [1.29, 1.82) is 0 Å². The molecule has 0 fully saturated rings. The molecular weight excluding hydrogens is 228 g/mol. The van der Waals surface area contributed by atoms with E-state index in [1.165, 1.54) is 6.92 Å². The van der Waals surface area contributed by atoms with Crippen molar-refractivity contribution in [1.82, 2.24) is 5.32 Å². The van der Waals surface area contributed by atoms with Crippen molar-refractivity contribution in [2.24, 2.45) is 0 Å². The fraction of sp³-hybridized carbons (Fsp3) is 0.286. The van der Waals surface area contributed by atoms with Crippen molar-refractivity contribution < 1.29 is 9.59 Å². The second kappa shape index (κ2) is 6.59. The summed E-state index contributed by atoms with van der Waals surface area (Å²) in [4.78, 5) is 22.8. The Balaban J connectivity index is 2.61. The van der Waals surface area contributed by atoms with Gasteiger partial charge in [-0.2, -0.15) is 0 Å². The normalized spacial score (nSPS) is 11.4. The third-order valence-corrected chi connectivity index (χ3v) is 2.42. The summed E-state index contributed by atoms with van der Waals surface area (Å²) in [5.41, 5.74) is 1.18. The molecule has 0 heterocycles. The molecule has 0 bridgehead atoms. The summed E-state index contributed by atoms with van der Waals surface area (Å²) in [5, 5.41) is 5.46. The van der Waals surface area contributed by atoms with Gasteiger partial charge in [-0.15, -0.1) is 6.58 Å². The van der Waals surface area contributed by atoms with Crippen LogP contribution in [0.3, 0.4) is 0 Å². The lowest BCUT2D eigenvalue weighted by Gasteiger charge is -2.13. The van der Waals surface area contributed by atoms with Crippen molar-refractivity contribution in [2.75, 3.05) is 5.32 Å². The van der Waals surface area contributed by atoms with E-state index < -0.39 is 0 Å². The van der Waals surface area contributed by atoms with Gasteiger partial charge in [0.05, 0.1) is 0 Å². The summed E-state index contributed by atoms with van der Waals surface area (Å²) < 4.78 is 0. The van der Waals surface area contributed by atoms with E-state index in [0.29, 0.717) is 17.7 Å². The first-order valence-electron chi connectivity index (χ1n) is 5.82. The van der Waals surface area contributed by atoms with E-state index in [2.05, 4.69) is 17.2 Å². The lowest BCUT2D eigenvalue weighted by Crippen LogP contribution is -2.35. The van der Waals surface area contributed by atoms with Gasteiger partial charge in [-0.25, -0.2) is 4.79 Å². The quantitative estimate of drug-likeness (QED) is 0.620. The van der Waals surface area contributed by atoms with Gasteiger partial charge in [0.15, 0.2) is 5.78 Å². The molecule has 1 unspecified atom stereocenters. The van der Waals surface area contributed by atoms with E-state index in [1.807, 2.05) is 6.92 Å². The fourth-order valence-corrected chi connectivity index (χ4v) is 1.52. The molecule has 0 saturated heterocycles. The molecule has 96 valence electrons. The van der Waals surface area contributed by atoms with Gasteiger partial charge in [-0.3, -0.25) is 4.79 Å². The van der Waals surface area contributed by atoms with Gasteiger partial charge in [-0.1, -0.05) is 18.2 Å². The molecule has 2 amide bonds. The molecule has 1 aromatic rings. The van der Waals surface area contributed by atoms with Crippen LogP contribution in [0.4, 0.5) is 10.5 Å². The van der Waals surface area contributed by atoms with Crippen LogP contribution in [0.2, 0.25) is 0 Å². The van der Waals surface area contributed by atoms with E-state index in [1.54, 1.807) is 30.3 Å². The highest BCUT2D eigenvalue weighted by molar-refractivity contribution is 5.96. The van der Waals surface area contributed by atoms with E-state index in [-0.39, 0.29) is 17.9 Å². The summed E-state index contributed by atoms with van der Waals surface area (Å²) in [6.45, 7) is 7.00. The first-order chi connectivity index (χ1) is 8.52. The average Bonchev–Trinajstić information content (AvgIpc) is 2.29. The molecule has 2 N–H and O–H groups in total. The van der Waals surface area contributed by atoms with Crippen LogP contribution in [0, 0.1) is 0 Å². The topological polar surface area (TPSA) is 58.2 Å². The zero-order valence-electron chi connectivity index (χ0n) is 10.7. The van der Waals surface area contributed by atoms with Crippen LogP contribution >= 0.6 is 0 Å². The fourth-order valence-electron chi connectivity index (χ4n) is 1.52. The van der Waals surface area contributed by atoms with Crippen LogP contribution in [0.5, 0.6) is 0 Å². The summed E-state index contributed by atoms with van der Waals surface area (Å²) in [6, 6.07) is 6.58. The first kappa shape index (κ1) is 14.0. The molecule has 0 aromatic heterocycles. The minimum absolute atomic E-state index is 0.0264. The number of Topliss-reactive ketones (excluding diaryl/α,β-unsaturated/α-hetero) is 1. The Labute approximate surface area is 107 Å². The highest BCUT2D eigenvalue weighted by Gasteiger charge is 2.07. The van der Waals surface area contributed by atoms with Gasteiger partial charge < -0.3 is 10.6 Å². The van der Waals surface area contributed by atoms with Crippen molar-refractivity contribution in [3.8, 4) is 0 Å². The van der Waals surface area contributed by atoms with Crippen molar-refractivity contribution in [3.63, 3.8) is 0 Å². The number of nitrogens with one attached hydrogen (secondary N) is 2. The van der Waals surface area contributed by atoms with E-state index in [9.17, 15) is 9.59 Å². The maximum Gasteiger partial charge on any atom is 0.319 e. The molecule has 1 atom stereocenters. The molecule has 4 heteroatoms. The number of carbonyl (C=O) groups is 2. The van der Waals surface area contributed by atoms with Crippen LogP contribution in [-0.2, 0) is 0 Å². The number of amides is 2. The Hall–Kier alpha value is -2.10. The Kier molecular flexibility index (Phi) is 5.11. The van der Waals surface area contributed by atoms with Gasteiger partial charge in [0.1, 0.15) is 0 Å². The minimum Gasteiger partial charge on any atom is -0.335 e. The third-order valence-electron chi connectivity index (χ3n) is 2.42. The summed E-state index contributed by atoms with van der Waals surface area (Å²) in [6.07, 6.45) is 2.46. The lowest BCUT2D eigenvalue weighted by atomic mass is 10.1. The van der Waals surface area contributed by atoms with Crippen LogP contribution in [0.1, 0.15) is 30.6 Å². The second-order valence-corrected chi connectivity index (χ2v) is 4.16. The molecule has 18 heavy (non-hydrogen) atoms. The molecular formula is C14H18N2O2. The second-order valence-electron chi connectivity index (χ2n) is 4.16. The number of carbonyl (C=O) groups excluding carboxylic acids is 2.